The van der Waals surface area contributed by atoms with Gasteiger partial charge in [0.05, 0.1) is 11.9 Å². The van der Waals surface area contributed by atoms with Crippen LogP contribution in [0.5, 0.6) is 5.75 Å². The highest BCUT2D eigenvalue weighted by Crippen LogP contribution is 2.38. The Morgan fingerprint density at radius 2 is 1.86 bits per heavy atom. The van der Waals surface area contributed by atoms with Crippen LogP contribution >= 0.6 is 11.3 Å². The van der Waals surface area contributed by atoms with E-state index in [1.807, 2.05) is 35.3 Å². The Kier molecular flexibility index (Phi) is 6.82. The second kappa shape index (κ2) is 9.67. The number of rotatable bonds is 7. The molecule has 0 radical (unpaired) electrons. The highest BCUT2D eigenvalue weighted by Gasteiger charge is 2.39. The van der Waals surface area contributed by atoms with Crippen LogP contribution in [-0.4, -0.2) is 26.9 Å². The number of aryl methyl sites for hydroxylation is 1. The van der Waals surface area contributed by atoms with Crippen molar-refractivity contribution in [2.24, 2.45) is 0 Å². The second-order valence-electron chi connectivity index (χ2n) is 7.89. The number of aromatic nitrogens is 2. The number of benzene rings is 2. The lowest BCUT2D eigenvalue weighted by atomic mass is 10.1. The van der Waals surface area contributed by atoms with Crippen LogP contribution in [-0.2, 0) is 19.8 Å². The fourth-order valence-electron chi connectivity index (χ4n) is 3.69. The number of fused-ring (bicyclic) bond motifs is 1. The molecule has 2 aromatic heterocycles. The van der Waals surface area contributed by atoms with Gasteiger partial charge in [-0.3, -0.25) is 14.3 Å². The van der Waals surface area contributed by atoms with E-state index in [0.29, 0.717) is 26.3 Å². The Hall–Kier alpha value is -3.44. The normalized spacial score (nSPS) is 12.7. The van der Waals surface area contributed by atoms with Gasteiger partial charge in [-0.15, -0.1) is 11.3 Å². The minimum absolute atomic E-state index is 0.0132. The molecule has 4 rings (SSSR count). The standard InChI is InChI=1S/C24H20F4N2O4S/c1-13-19-21(32)29-23(33)30(11-18(31)24(26,27)28)22(19)35-20(13)15-7-8-17(16(9-15)10-25)34-12-14-5-3-2-4-6-14/h2-9,18,31H,10-12H2,1H3,(H,29,32,33)/t18-/m1/s1. The second-order valence-corrected chi connectivity index (χ2v) is 8.89. The zero-order valence-electron chi connectivity index (χ0n) is 18.4. The van der Waals surface area contributed by atoms with Crippen molar-refractivity contribution < 1.29 is 27.4 Å². The summed E-state index contributed by atoms with van der Waals surface area (Å²) in [5.74, 6) is 0.335. The third-order valence-electron chi connectivity index (χ3n) is 5.50. The van der Waals surface area contributed by atoms with E-state index in [1.165, 1.54) is 0 Å². The van der Waals surface area contributed by atoms with Crippen molar-refractivity contribution in [1.29, 1.82) is 0 Å². The average Bonchev–Trinajstić information content (AvgIpc) is 3.17. The smallest absolute Gasteiger partial charge is 0.416 e. The molecule has 6 nitrogen and oxygen atoms in total. The molecule has 35 heavy (non-hydrogen) atoms. The molecule has 0 saturated carbocycles. The summed E-state index contributed by atoms with van der Waals surface area (Å²) >= 11 is 0.921. The number of alkyl halides is 4. The van der Waals surface area contributed by atoms with Crippen LogP contribution in [0.15, 0.2) is 58.1 Å². The summed E-state index contributed by atoms with van der Waals surface area (Å²) in [6, 6.07) is 14.1. The summed E-state index contributed by atoms with van der Waals surface area (Å²) in [5, 5.41) is 9.52. The van der Waals surface area contributed by atoms with Gasteiger partial charge in [-0.05, 0) is 41.8 Å². The first kappa shape index (κ1) is 24.7. The summed E-state index contributed by atoms with van der Waals surface area (Å²) < 4.78 is 59.0. The van der Waals surface area contributed by atoms with Crippen molar-refractivity contribution in [3.05, 3.63) is 86.1 Å². The summed E-state index contributed by atoms with van der Waals surface area (Å²) in [7, 11) is 0. The topological polar surface area (TPSA) is 84.3 Å². The molecule has 2 aromatic carbocycles. The lowest BCUT2D eigenvalue weighted by Crippen LogP contribution is -2.38. The lowest BCUT2D eigenvalue weighted by molar-refractivity contribution is -0.207. The van der Waals surface area contributed by atoms with Crippen molar-refractivity contribution in [3.63, 3.8) is 0 Å². The average molecular weight is 508 g/mol. The Balaban J connectivity index is 1.75. The van der Waals surface area contributed by atoms with E-state index in [-0.39, 0.29) is 22.4 Å². The van der Waals surface area contributed by atoms with Crippen LogP contribution in [0.1, 0.15) is 16.7 Å². The maximum absolute atomic E-state index is 13.8. The van der Waals surface area contributed by atoms with Gasteiger partial charge in [0, 0.05) is 10.4 Å². The van der Waals surface area contributed by atoms with Crippen molar-refractivity contribution in [3.8, 4) is 16.2 Å². The van der Waals surface area contributed by atoms with E-state index in [9.17, 15) is 32.3 Å². The van der Waals surface area contributed by atoms with Gasteiger partial charge in [-0.25, -0.2) is 9.18 Å². The number of hydrogen-bond donors (Lipinski definition) is 2. The van der Waals surface area contributed by atoms with Gasteiger partial charge in [-0.1, -0.05) is 30.3 Å². The molecule has 4 aromatic rings. The van der Waals surface area contributed by atoms with Gasteiger partial charge in [0.2, 0.25) is 0 Å². The molecule has 11 heteroatoms. The van der Waals surface area contributed by atoms with E-state index in [0.717, 1.165) is 16.9 Å². The van der Waals surface area contributed by atoms with Gasteiger partial charge in [0.25, 0.3) is 5.56 Å². The molecule has 2 heterocycles. The number of aromatic amines is 1. The van der Waals surface area contributed by atoms with Crippen LogP contribution in [0.3, 0.4) is 0 Å². The molecule has 184 valence electrons. The first-order chi connectivity index (χ1) is 16.6. The summed E-state index contributed by atoms with van der Waals surface area (Å²) in [4.78, 5) is 27.2. The van der Waals surface area contributed by atoms with Gasteiger partial charge in [-0.2, -0.15) is 13.2 Å². The van der Waals surface area contributed by atoms with Crippen LogP contribution in [0.2, 0.25) is 0 Å². The highest BCUT2D eigenvalue weighted by atomic mass is 32.1. The molecule has 0 spiro atoms. The molecule has 1 atom stereocenters. The lowest BCUT2D eigenvalue weighted by Gasteiger charge is -2.15. The fraction of sp³-hybridized carbons (Fsp3) is 0.250. The largest absolute Gasteiger partial charge is 0.489 e. The molecule has 2 N–H and O–H groups in total. The Bertz CT molecular complexity index is 1480. The molecule has 0 aliphatic rings. The van der Waals surface area contributed by atoms with E-state index in [1.54, 1.807) is 25.1 Å². The maximum Gasteiger partial charge on any atom is 0.416 e. The Morgan fingerprint density at radius 3 is 2.51 bits per heavy atom. The Labute approximate surface area is 200 Å². The molecule has 0 aliphatic heterocycles. The van der Waals surface area contributed by atoms with E-state index in [2.05, 4.69) is 0 Å². The SMILES string of the molecule is Cc1c(-c2ccc(OCc3ccccc3)c(CF)c2)sc2c1c(=O)[nH]c(=O)n2C[C@@H](O)C(F)(F)F. The van der Waals surface area contributed by atoms with Gasteiger partial charge in [0.1, 0.15) is 23.9 Å². The van der Waals surface area contributed by atoms with E-state index >= 15 is 0 Å². The number of aliphatic hydroxyl groups is 1. The molecule has 0 bridgehead atoms. The van der Waals surface area contributed by atoms with Gasteiger partial charge >= 0.3 is 11.9 Å². The minimum atomic E-state index is -4.94. The van der Waals surface area contributed by atoms with Crippen molar-refractivity contribution in [1.82, 2.24) is 9.55 Å². The predicted octanol–water partition coefficient (Wildman–Crippen LogP) is 4.70. The molecular weight excluding hydrogens is 488 g/mol. The summed E-state index contributed by atoms with van der Waals surface area (Å²) in [6.45, 7) is -0.0758. The monoisotopic (exact) mass is 508 g/mol. The Morgan fingerprint density at radius 1 is 1.14 bits per heavy atom. The predicted molar refractivity (Wildman–Crippen MR) is 125 cm³/mol. The highest BCUT2D eigenvalue weighted by molar-refractivity contribution is 7.22. The van der Waals surface area contributed by atoms with Crippen LogP contribution in [0.4, 0.5) is 17.6 Å². The molecule has 0 unspecified atom stereocenters. The third kappa shape index (κ3) is 5.01. The molecular formula is C24H20F4N2O4S. The molecule has 0 saturated heterocycles. The van der Waals surface area contributed by atoms with Crippen LogP contribution < -0.4 is 16.0 Å². The van der Waals surface area contributed by atoms with Crippen molar-refractivity contribution in [2.45, 2.75) is 39.0 Å². The number of ether oxygens (including phenoxy) is 1. The number of aliphatic hydroxyl groups excluding tert-OH is 1. The third-order valence-corrected chi connectivity index (χ3v) is 6.87. The van der Waals surface area contributed by atoms with E-state index in [4.69, 9.17) is 4.74 Å². The fourth-order valence-corrected chi connectivity index (χ4v) is 5.00. The van der Waals surface area contributed by atoms with Crippen molar-refractivity contribution >= 4 is 21.6 Å². The zero-order valence-corrected chi connectivity index (χ0v) is 19.2. The van der Waals surface area contributed by atoms with Crippen molar-refractivity contribution in [2.75, 3.05) is 0 Å². The number of thiophene rings is 1. The first-order valence-electron chi connectivity index (χ1n) is 10.5. The number of nitrogens with one attached hydrogen (secondary N) is 1. The quantitative estimate of drug-likeness (QED) is 0.355. The number of nitrogens with zero attached hydrogens (tertiary/aromatic N) is 1. The van der Waals surface area contributed by atoms with Crippen LogP contribution in [0.25, 0.3) is 20.7 Å². The molecule has 0 aliphatic carbocycles. The van der Waals surface area contributed by atoms with E-state index < -0.39 is 36.7 Å². The summed E-state index contributed by atoms with van der Waals surface area (Å²) in [6.07, 6.45) is -7.73. The zero-order chi connectivity index (χ0) is 25.3. The summed E-state index contributed by atoms with van der Waals surface area (Å²) in [5.41, 5.74) is 0.278. The molecule has 0 fully saturated rings. The van der Waals surface area contributed by atoms with Gasteiger partial charge in [0.15, 0.2) is 6.10 Å². The van der Waals surface area contributed by atoms with Crippen LogP contribution in [0, 0.1) is 6.92 Å². The number of hydrogen-bond acceptors (Lipinski definition) is 5. The number of H-pyrrole nitrogens is 1. The minimum Gasteiger partial charge on any atom is -0.489 e. The van der Waals surface area contributed by atoms with Gasteiger partial charge < -0.3 is 9.84 Å². The molecule has 0 amide bonds. The first-order valence-corrected chi connectivity index (χ1v) is 11.3. The maximum atomic E-state index is 13.8. The number of halogens is 4.